The van der Waals surface area contributed by atoms with Crippen molar-refractivity contribution in [1.82, 2.24) is 30.3 Å². The summed E-state index contributed by atoms with van der Waals surface area (Å²) in [4.78, 5) is 15.8. The zero-order valence-corrected chi connectivity index (χ0v) is 19.1. The van der Waals surface area contributed by atoms with E-state index in [1.165, 1.54) is 12.8 Å². The Kier molecular flexibility index (Phi) is 5.75. The minimum Gasteiger partial charge on any atom is -0.475 e. The molecule has 0 aromatic carbocycles. The van der Waals surface area contributed by atoms with E-state index in [0.717, 1.165) is 36.5 Å². The van der Waals surface area contributed by atoms with Crippen molar-refractivity contribution < 1.29 is 14.4 Å². The van der Waals surface area contributed by atoms with E-state index in [1.54, 1.807) is 12.3 Å². The summed E-state index contributed by atoms with van der Waals surface area (Å²) in [6, 6.07) is 11.3. The molecule has 1 saturated heterocycles. The molecule has 11 heteroatoms. The van der Waals surface area contributed by atoms with Crippen LogP contribution in [0.5, 0.6) is 5.88 Å². The minimum absolute atomic E-state index is 0.0623. The summed E-state index contributed by atoms with van der Waals surface area (Å²) in [5.41, 5.74) is 2.59. The van der Waals surface area contributed by atoms with Crippen LogP contribution in [0.3, 0.4) is 0 Å². The van der Waals surface area contributed by atoms with Gasteiger partial charge in [0.25, 0.3) is 0 Å². The number of aliphatic hydroxyl groups is 1. The van der Waals surface area contributed by atoms with Gasteiger partial charge in [-0.3, -0.25) is 10.1 Å². The molecule has 0 bridgehead atoms. The van der Waals surface area contributed by atoms with Crippen LogP contribution in [0.25, 0.3) is 11.4 Å². The smallest absolute Gasteiger partial charge is 0.231 e. The summed E-state index contributed by atoms with van der Waals surface area (Å²) in [5.74, 6) is 3.46. The third-order valence-electron chi connectivity index (χ3n) is 6.20. The fourth-order valence-corrected chi connectivity index (χ4v) is 4.35. The molecular formula is C24H26N8O3. The number of ether oxygens (including phenoxy) is 1. The first-order valence-electron chi connectivity index (χ1n) is 11.9. The molecule has 3 N–H and O–H groups in total. The molecule has 2 aliphatic rings. The van der Waals surface area contributed by atoms with Gasteiger partial charge < -0.3 is 24.6 Å². The number of nitrogens with zero attached hydrogens (tertiary/aromatic N) is 6. The van der Waals surface area contributed by atoms with E-state index >= 15 is 0 Å². The van der Waals surface area contributed by atoms with Crippen LogP contribution in [0, 0.1) is 0 Å². The number of aromatic nitrogens is 6. The molecule has 1 unspecified atom stereocenters. The van der Waals surface area contributed by atoms with Crippen LogP contribution >= 0.6 is 0 Å². The van der Waals surface area contributed by atoms with Gasteiger partial charge in [-0.15, -0.1) is 0 Å². The predicted molar refractivity (Wildman–Crippen MR) is 128 cm³/mol. The first kappa shape index (κ1) is 21.5. The highest BCUT2D eigenvalue weighted by atomic mass is 16.5. The fraction of sp³-hybridized carbons (Fsp3) is 0.375. The van der Waals surface area contributed by atoms with Crippen LogP contribution < -0.4 is 15.0 Å². The summed E-state index contributed by atoms with van der Waals surface area (Å²) in [7, 11) is 0. The Morgan fingerprint density at radius 1 is 1.11 bits per heavy atom. The molecule has 4 aromatic heterocycles. The first-order chi connectivity index (χ1) is 17.3. The SMILES string of the molecule is OCCOc1cc(Nc2cc(C3CC3)[nH]n2)nc(N2CCCC2c2cc(-c3ccccn3)no2)n1. The van der Waals surface area contributed by atoms with Crippen LogP contribution in [0.4, 0.5) is 17.6 Å². The van der Waals surface area contributed by atoms with E-state index in [2.05, 4.69) is 35.5 Å². The van der Waals surface area contributed by atoms with Gasteiger partial charge >= 0.3 is 0 Å². The number of rotatable bonds is 9. The van der Waals surface area contributed by atoms with Crippen LogP contribution in [-0.2, 0) is 0 Å². The highest BCUT2D eigenvalue weighted by molar-refractivity contribution is 5.57. The number of hydrogen-bond donors (Lipinski definition) is 3. The van der Waals surface area contributed by atoms with E-state index in [9.17, 15) is 5.11 Å². The molecule has 4 aromatic rings. The van der Waals surface area contributed by atoms with Crippen molar-refractivity contribution in [3.8, 4) is 17.3 Å². The molecule has 0 radical (unpaired) electrons. The van der Waals surface area contributed by atoms with Crippen molar-refractivity contribution in [2.75, 3.05) is 30.0 Å². The topological polar surface area (TPSA) is 138 Å². The summed E-state index contributed by atoms with van der Waals surface area (Å²) >= 11 is 0. The van der Waals surface area contributed by atoms with Crippen LogP contribution in [0.15, 0.2) is 47.1 Å². The number of H-pyrrole nitrogens is 1. The molecule has 180 valence electrons. The summed E-state index contributed by atoms with van der Waals surface area (Å²) in [5, 5.41) is 24.2. The van der Waals surface area contributed by atoms with Crippen molar-refractivity contribution in [1.29, 1.82) is 0 Å². The van der Waals surface area contributed by atoms with E-state index in [4.69, 9.17) is 14.2 Å². The molecule has 2 fully saturated rings. The molecule has 11 nitrogen and oxygen atoms in total. The molecule has 0 amide bonds. The number of anilines is 3. The van der Waals surface area contributed by atoms with E-state index in [1.807, 2.05) is 30.3 Å². The number of hydrogen-bond acceptors (Lipinski definition) is 10. The van der Waals surface area contributed by atoms with Crippen LogP contribution in [0.1, 0.15) is 49.1 Å². The molecule has 0 spiro atoms. The second-order valence-corrected chi connectivity index (χ2v) is 8.75. The average Bonchev–Trinajstić information content (AvgIpc) is 3.27. The Labute approximate surface area is 201 Å². The fourth-order valence-electron chi connectivity index (χ4n) is 4.35. The quantitative estimate of drug-likeness (QED) is 0.330. The maximum Gasteiger partial charge on any atom is 0.231 e. The molecule has 35 heavy (non-hydrogen) atoms. The second-order valence-electron chi connectivity index (χ2n) is 8.75. The molecular weight excluding hydrogens is 448 g/mol. The molecule has 1 saturated carbocycles. The second kappa shape index (κ2) is 9.34. The lowest BCUT2D eigenvalue weighted by molar-refractivity contribution is 0.196. The standard InChI is InChI=1S/C24H26N8O3/c33-10-11-34-23-14-21(26-22-13-17(29-30-22)15-6-7-15)27-24(28-23)32-9-3-5-19(32)20-12-18(31-35-20)16-4-1-2-8-25-16/h1-2,4,8,12-15,19,33H,3,5-7,9-11H2,(H2,26,27,28,29,30). The Bertz CT molecular complexity index is 1290. The maximum atomic E-state index is 9.23. The number of aromatic amines is 1. The zero-order valence-electron chi connectivity index (χ0n) is 19.1. The zero-order chi connectivity index (χ0) is 23.6. The van der Waals surface area contributed by atoms with Gasteiger partial charge in [0.15, 0.2) is 11.6 Å². The molecule has 1 aliphatic carbocycles. The summed E-state index contributed by atoms with van der Waals surface area (Å²) in [6.45, 7) is 0.803. The van der Waals surface area contributed by atoms with Crippen LogP contribution in [-0.4, -0.2) is 55.2 Å². The van der Waals surface area contributed by atoms with Gasteiger partial charge in [-0.25, -0.2) is 0 Å². The van der Waals surface area contributed by atoms with E-state index in [0.29, 0.717) is 35.1 Å². The Balaban J connectivity index is 1.27. The largest absolute Gasteiger partial charge is 0.475 e. The van der Waals surface area contributed by atoms with Gasteiger partial charge in [-0.05, 0) is 37.8 Å². The lowest BCUT2D eigenvalue weighted by atomic mass is 10.1. The summed E-state index contributed by atoms with van der Waals surface area (Å²) < 4.78 is 11.4. The molecule has 1 aliphatic heterocycles. The normalized spacial score (nSPS) is 17.6. The Morgan fingerprint density at radius 3 is 2.89 bits per heavy atom. The van der Waals surface area contributed by atoms with Gasteiger partial charge in [0.05, 0.1) is 18.3 Å². The van der Waals surface area contributed by atoms with Gasteiger partial charge in [0, 0.05) is 42.6 Å². The Hall–Kier alpha value is -3.99. The van der Waals surface area contributed by atoms with Crippen molar-refractivity contribution in [3.63, 3.8) is 0 Å². The van der Waals surface area contributed by atoms with Crippen molar-refractivity contribution in [2.45, 2.75) is 37.6 Å². The van der Waals surface area contributed by atoms with Gasteiger partial charge in [0.1, 0.15) is 18.1 Å². The molecule has 1 atom stereocenters. The minimum atomic E-state index is -0.104. The molecule has 5 heterocycles. The predicted octanol–water partition coefficient (Wildman–Crippen LogP) is 3.58. The lowest BCUT2D eigenvalue weighted by Gasteiger charge is -2.23. The van der Waals surface area contributed by atoms with Crippen molar-refractivity contribution in [2.24, 2.45) is 0 Å². The third kappa shape index (κ3) is 4.67. The van der Waals surface area contributed by atoms with Gasteiger partial charge in [-0.2, -0.15) is 15.1 Å². The van der Waals surface area contributed by atoms with Crippen molar-refractivity contribution >= 4 is 17.6 Å². The number of aliphatic hydroxyl groups excluding tert-OH is 1. The highest BCUT2D eigenvalue weighted by Gasteiger charge is 2.32. The Morgan fingerprint density at radius 2 is 2.06 bits per heavy atom. The molecule has 6 rings (SSSR count). The summed E-state index contributed by atoms with van der Waals surface area (Å²) in [6.07, 6.45) is 5.97. The van der Waals surface area contributed by atoms with E-state index in [-0.39, 0.29) is 19.3 Å². The van der Waals surface area contributed by atoms with Crippen molar-refractivity contribution in [3.05, 3.63) is 54.0 Å². The monoisotopic (exact) mass is 474 g/mol. The number of pyridine rings is 1. The average molecular weight is 475 g/mol. The van der Waals surface area contributed by atoms with Gasteiger partial charge in [-0.1, -0.05) is 11.2 Å². The van der Waals surface area contributed by atoms with E-state index < -0.39 is 0 Å². The number of nitrogens with one attached hydrogen (secondary N) is 2. The lowest BCUT2D eigenvalue weighted by Crippen LogP contribution is -2.25. The maximum absolute atomic E-state index is 9.23. The highest BCUT2D eigenvalue weighted by Crippen LogP contribution is 2.40. The third-order valence-corrected chi connectivity index (χ3v) is 6.20. The van der Waals surface area contributed by atoms with Crippen LogP contribution in [0.2, 0.25) is 0 Å². The van der Waals surface area contributed by atoms with Gasteiger partial charge in [0.2, 0.25) is 11.8 Å². The first-order valence-corrected chi connectivity index (χ1v) is 11.9.